The Morgan fingerprint density at radius 3 is 2.60 bits per heavy atom. The number of carbonyl (C=O) groups is 1. The van der Waals surface area contributed by atoms with Gasteiger partial charge in [0.1, 0.15) is 0 Å². The van der Waals surface area contributed by atoms with Gasteiger partial charge >= 0.3 is 0 Å². The second kappa shape index (κ2) is 9.04. The number of hydrogen-bond acceptors (Lipinski definition) is 3. The Balaban J connectivity index is 3.47. The number of thioether (sulfide) groups is 1. The van der Waals surface area contributed by atoms with Crippen LogP contribution in [0.25, 0.3) is 0 Å². The highest BCUT2D eigenvalue weighted by Crippen LogP contribution is 2.02. The van der Waals surface area contributed by atoms with E-state index in [1.165, 1.54) is 0 Å². The maximum atomic E-state index is 11.4. The van der Waals surface area contributed by atoms with Crippen LogP contribution in [0.5, 0.6) is 0 Å². The zero-order chi connectivity index (χ0) is 11.7. The van der Waals surface area contributed by atoms with Gasteiger partial charge < -0.3 is 11.1 Å². The molecule has 0 radical (unpaired) electrons. The van der Waals surface area contributed by atoms with E-state index in [9.17, 15) is 4.79 Å². The highest BCUT2D eigenvalue weighted by molar-refractivity contribution is 7.98. The van der Waals surface area contributed by atoms with E-state index in [0.717, 1.165) is 31.6 Å². The minimum absolute atomic E-state index is 0.00666. The summed E-state index contributed by atoms with van der Waals surface area (Å²) in [7, 11) is 0. The molecule has 0 heterocycles. The first-order valence-corrected chi connectivity index (χ1v) is 6.99. The van der Waals surface area contributed by atoms with Crippen molar-refractivity contribution < 1.29 is 4.79 Å². The molecule has 0 aliphatic carbocycles. The number of amides is 1. The van der Waals surface area contributed by atoms with Crippen LogP contribution < -0.4 is 11.1 Å². The van der Waals surface area contributed by atoms with Gasteiger partial charge in [-0.25, -0.2) is 0 Å². The third kappa shape index (κ3) is 8.75. The molecular formula is C11H24N2OS. The van der Waals surface area contributed by atoms with Crippen LogP contribution in [0.4, 0.5) is 0 Å². The van der Waals surface area contributed by atoms with Crippen LogP contribution >= 0.6 is 11.8 Å². The molecule has 1 amide bonds. The minimum Gasteiger partial charge on any atom is -0.355 e. The molecular weight excluding hydrogens is 208 g/mol. The summed E-state index contributed by atoms with van der Waals surface area (Å²) in [5, 5.41) is 2.87. The molecule has 0 unspecified atom stereocenters. The zero-order valence-corrected chi connectivity index (χ0v) is 10.9. The lowest BCUT2D eigenvalue weighted by Crippen LogP contribution is -2.41. The lowest BCUT2D eigenvalue weighted by molar-refractivity contribution is -0.122. The fourth-order valence-corrected chi connectivity index (χ4v) is 1.72. The average Bonchev–Trinajstić information content (AvgIpc) is 2.20. The summed E-state index contributed by atoms with van der Waals surface area (Å²) < 4.78 is 0. The fourth-order valence-electron chi connectivity index (χ4n) is 1.23. The molecule has 0 aromatic heterocycles. The van der Waals surface area contributed by atoms with Gasteiger partial charge in [0.25, 0.3) is 0 Å². The Kier molecular flexibility index (Phi) is 8.91. The highest BCUT2D eigenvalue weighted by atomic mass is 32.2. The quantitative estimate of drug-likeness (QED) is 0.625. The van der Waals surface area contributed by atoms with Gasteiger partial charge in [-0.2, -0.15) is 11.8 Å². The SMILES string of the molecule is CSCC[C@H](N)C(=O)NCCCC(C)C. The van der Waals surface area contributed by atoms with Crippen LogP contribution in [-0.4, -0.2) is 30.5 Å². The van der Waals surface area contributed by atoms with E-state index >= 15 is 0 Å². The molecule has 0 aliphatic rings. The standard InChI is InChI=1S/C11H24N2OS/c1-9(2)5-4-7-13-11(14)10(12)6-8-15-3/h9-10H,4-8,12H2,1-3H3,(H,13,14)/t10-/m0/s1. The highest BCUT2D eigenvalue weighted by Gasteiger charge is 2.11. The number of rotatable bonds is 8. The van der Waals surface area contributed by atoms with Crippen molar-refractivity contribution in [2.24, 2.45) is 11.7 Å². The molecule has 0 aromatic rings. The van der Waals surface area contributed by atoms with Gasteiger partial charge in [0.15, 0.2) is 0 Å². The van der Waals surface area contributed by atoms with Crippen LogP contribution in [0.2, 0.25) is 0 Å². The van der Waals surface area contributed by atoms with Gasteiger partial charge in [-0.3, -0.25) is 4.79 Å². The van der Waals surface area contributed by atoms with Crippen LogP contribution in [-0.2, 0) is 4.79 Å². The summed E-state index contributed by atoms with van der Waals surface area (Å²) in [6.45, 7) is 5.13. The predicted molar refractivity (Wildman–Crippen MR) is 68.1 cm³/mol. The van der Waals surface area contributed by atoms with E-state index in [-0.39, 0.29) is 11.9 Å². The van der Waals surface area contributed by atoms with Crippen LogP contribution in [0.3, 0.4) is 0 Å². The normalized spacial score (nSPS) is 12.9. The van der Waals surface area contributed by atoms with E-state index in [0.29, 0.717) is 5.92 Å². The van der Waals surface area contributed by atoms with Crippen molar-refractivity contribution in [3.8, 4) is 0 Å². The summed E-state index contributed by atoms with van der Waals surface area (Å²) >= 11 is 1.72. The topological polar surface area (TPSA) is 55.1 Å². The van der Waals surface area contributed by atoms with Crippen LogP contribution in [0.15, 0.2) is 0 Å². The van der Waals surface area contributed by atoms with E-state index in [2.05, 4.69) is 19.2 Å². The fraction of sp³-hybridized carbons (Fsp3) is 0.909. The molecule has 0 saturated heterocycles. The molecule has 0 spiro atoms. The molecule has 3 N–H and O–H groups in total. The number of nitrogens with two attached hydrogens (primary N) is 1. The van der Waals surface area contributed by atoms with Crippen molar-refractivity contribution in [2.45, 2.75) is 39.2 Å². The van der Waals surface area contributed by atoms with E-state index in [1.54, 1.807) is 11.8 Å². The van der Waals surface area contributed by atoms with E-state index < -0.39 is 0 Å². The summed E-state index contributed by atoms with van der Waals surface area (Å²) in [4.78, 5) is 11.4. The zero-order valence-electron chi connectivity index (χ0n) is 10.1. The molecule has 0 saturated carbocycles. The predicted octanol–water partition coefficient (Wildman–Crippen LogP) is 1.62. The van der Waals surface area contributed by atoms with Crippen LogP contribution in [0.1, 0.15) is 33.1 Å². The molecule has 3 nitrogen and oxygen atoms in total. The average molecular weight is 232 g/mol. The van der Waals surface area contributed by atoms with Crippen molar-refractivity contribution in [3.05, 3.63) is 0 Å². The smallest absolute Gasteiger partial charge is 0.236 e. The second-order valence-electron chi connectivity index (χ2n) is 4.22. The van der Waals surface area contributed by atoms with Gasteiger partial charge in [0, 0.05) is 6.54 Å². The van der Waals surface area contributed by atoms with E-state index in [1.807, 2.05) is 6.26 Å². The molecule has 0 aromatic carbocycles. The first-order chi connectivity index (χ1) is 7.07. The molecule has 15 heavy (non-hydrogen) atoms. The number of hydrogen-bond donors (Lipinski definition) is 2. The van der Waals surface area contributed by atoms with Gasteiger partial charge in [0.2, 0.25) is 5.91 Å². The summed E-state index contributed by atoms with van der Waals surface area (Å²) in [5.74, 6) is 1.64. The summed E-state index contributed by atoms with van der Waals surface area (Å²) in [6.07, 6.45) is 4.98. The number of carbonyl (C=O) groups excluding carboxylic acids is 1. The lowest BCUT2D eigenvalue weighted by atomic mass is 10.1. The van der Waals surface area contributed by atoms with Crippen LogP contribution in [0, 0.1) is 5.92 Å². The van der Waals surface area contributed by atoms with Gasteiger partial charge in [-0.15, -0.1) is 0 Å². The molecule has 1 atom stereocenters. The molecule has 0 fully saturated rings. The van der Waals surface area contributed by atoms with Gasteiger partial charge in [-0.1, -0.05) is 13.8 Å². The third-order valence-corrected chi connectivity index (χ3v) is 2.87. The van der Waals surface area contributed by atoms with Crippen molar-refractivity contribution in [1.29, 1.82) is 0 Å². The Morgan fingerprint density at radius 2 is 2.07 bits per heavy atom. The molecule has 90 valence electrons. The van der Waals surface area contributed by atoms with Crippen molar-refractivity contribution >= 4 is 17.7 Å². The van der Waals surface area contributed by atoms with Crippen molar-refractivity contribution in [2.75, 3.05) is 18.6 Å². The molecule has 4 heteroatoms. The maximum absolute atomic E-state index is 11.4. The largest absolute Gasteiger partial charge is 0.355 e. The second-order valence-corrected chi connectivity index (χ2v) is 5.20. The lowest BCUT2D eigenvalue weighted by Gasteiger charge is -2.11. The summed E-state index contributed by atoms with van der Waals surface area (Å²) in [6, 6.07) is -0.337. The number of nitrogens with one attached hydrogen (secondary N) is 1. The first-order valence-electron chi connectivity index (χ1n) is 5.60. The van der Waals surface area contributed by atoms with Gasteiger partial charge in [0.05, 0.1) is 6.04 Å². The Morgan fingerprint density at radius 1 is 1.40 bits per heavy atom. The van der Waals surface area contributed by atoms with Crippen molar-refractivity contribution in [1.82, 2.24) is 5.32 Å². The molecule has 0 bridgehead atoms. The monoisotopic (exact) mass is 232 g/mol. The Bertz CT molecular complexity index is 174. The molecule has 0 rings (SSSR count). The summed E-state index contributed by atoms with van der Waals surface area (Å²) in [5.41, 5.74) is 5.72. The minimum atomic E-state index is -0.337. The third-order valence-electron chi connectivity index (χ3n) is 2.23. The Hall–Kier alpha value is -0.220. The van der Waals surface area contributed by atoms with Crippen molar-refractivity contribution in [3.63, 3.8) is 0 Å². The Labute approximate surface area is 97.6 Å². The molecule has 0 aliphatic heterocycles. The van der Waals surface area contributed by atoms with Gasteiger partial charge in [-0.05, 0) is 37.2 Å². The van der Waals surface area contributed by atoms with E-state index in [4.69, 9.17) is 5.73 Å². The maximum Gasteiger partial charge on any atom is 0.236 e. The first kappa shape index (κ1) is 14.8.